The topological polar surface area (TPSA) is 83.8 Å². The van der Waals surface area contributed by atoms with Gasteiger partial charge in [0, 0.05) is 11.8 Å². The quantitative estimate of drug-likeness (QED) is 0.732. The van der Waals surface area contributed by atoms with E-state index in [1.165, 1.54) is 0 Å². The van der Waals surface area contributed by atoms with Gasteiger partial charge in [-0.1, -0.05) is 27.7 Å². The maximum atomic E-state index is 11.7. The summed E-state index contributed by atoms with van der Waals surface area (Å²) in [6.45, 7) is 8.20. The van der Waals surface area contributed by atoms with Crippen LogP contribution in [0.15, 0.2) is 6.07 Å². The first-order valence-electron chi connectivity index (χ1n) is 6.02. The summed E-state index contributed by atoms with van der Waals surface area (Å²) in [5.41, 5.74) is 6.78. The van der Waals surface area contributed by atoms with E-state index in [1.54, 1.807) is 0 Å². The van der Waals surface area contributed by atoms with Crippen molar-refractivity contribution in [1.82, 2.24) is 10.2 Å². The van der Waals surface area contributed by atoms with Crippen LogP contribution in [0.4, 0.5) is 5.82 Å². The third-order valence-corrected chi connectivity index (χ3v) is 2.53. The fourth-order valence-corrected chi connectivity index (χ4v) is 1.53. The molecule has 0 aliphatic rings. The Bertz CT molecular complexity index is 370. The van der Waals surface area contributed by atoms with Gasteiger partial charge in [0.1, 0.15) is 0 Å². The van der Waals surface area contributed by atoms with Crippen LogP contribution >= 0.6 is 0 Å². The zero-order valence-corrected chi connectivity index (χ0v) is 10.9. The van der Waals surface area contributed by atoms with Crippen LogP contribution in [-0.2, 0) is 4.79 Å². The standard InChI is InChI=1S/C12H22N4O/c1-7(2)5-9(13)12(17)14-11-6-10(8(3)4)15-16-11/h6-9H,5,13H2,1-4H3,(H2,14,15,16,17)/t9-/m1/s1. The molecule has 1 rings (SSSR count). The molecule has 1 atom stereocenters. The van der Waals surface area contributed by atoms with E-state index in [-0.39, 0.29) is 5.91 Å². The van der Waals surface area contributed by atoms with Gasteiger partial charge >= 0.3 is 0 Å². The molecule has 1 heterocycles. The van der Waals surface area contributed by atoms with E-state index in [0.29, 0.717) is 24.1 Å². The number of carbonyl (C=O) groups excluding carboxylic acids is 1. The van der Waals surface area contributed by atoms with Crippen molar-refractivity contribution in [2.45, 2.75) is 46.1 Å². The minimum absolute atomic E-state index is 0.180. The summed E-state index contributed by atoms with van der Waals surface area (Å²) in [5.74, 6) is 1.12. The number of amides is 1. The number of nitrogens with zero attached hydrogens (tertiary/aromatic N) is 1. The molecular formula is C12H22N4O. The highest BCUT2D eigenvalue weighted by atomic mass is 16.2. The molecule has 0 unspecified atom stereocenters. The molecule has 0 spiro atoms. The molecule has 5 heteroatoms. The van der Waals surface area contributed by atoms with Gasteiger partial charge in [-0.3, -0.25) is 9.89 Å². The van der Waals surface area contributed by atoms with Crippen molar-refractivity contribution in [2.24, 2.45) is 11.7 Å². The van der Waals surface area contributed by atoms with Crippen LogP contribution in [0, 0.1) is 5.92 Å². The summed E-state index contributed by atoms with van der Waals surface area (Å²) >= 11 is 0. The van der Waals surface area contributed by atoms with Crippen LogP contribution in [-0.4, -0.2) is 22.1 Å². The predicted octanol–water partition coefficient (Wildman–Crippen LogP) is 1.84. The lowest BCUT2D eigenvalue weighted by Gasteiger charge is -2.12. The lowest BCUT2D eigenvalue weighted by Crippen LogP contribution is -2.36. The lowest BCUT2D eigenvalue weighted by molar-refractivity contribution is -0.117. The zero-order chi connectivity index (χ0) is 13.0. The molecule has 1 amide bonds. The van der Waals surface area contributed by atoms with Crippen LogP contribution < -0.4 is 11.1 Å². The number of rotatable bonds is 5. The monoisotopic (exact) mass is 238 g/mol. The van der Waals surface area contributed by atoms with E-state index in [4.69, 9.17) is 5.73 Å². The third kappa shape index (κ3) is 4.19. The Morgan fingerprint density at radius 2 is 2.12 bits per heavy atom. The first kappa shape index (κ1) is 13.7. The van der Waals surface area contributed by atoms with Gasteiger partial charge in [0.25, 0.3) is 0 Å². The summed E-state index contributed by atoms with van der Waals surface area (Å²) in [4.78, 5) is 11.7. The Hall–Kier alpha value is -1.36. The minimum Gasteiger partial charge on any atom is -0.320 e. The maximum Gasteiger partial charge on any atom is 0.242 e. The molecule has 0 saturated carbocycles. The highest BCUT2D eigenvalue weighted by Crippen LogP contribution is 2.15. The number of hydrogen-bond donors (Lipinski definition) is 3. The van der Waals surface area contributed by atoms with Gasteiger partial charge in [-0.2, -0.15) is 5.10 Å². The van der Waals surface area contributed by atoms with E-state index < -0.39 is 6.04 Å². The van der Waals surface area contributed by atoms with Crippen molar-refractivity contribution in [1.29, 1.82) is 0 Å². The molecule has 0 aliphatic carbocycles. The van der Waals surface area contributed by atoms with E-state index in [1.807, 2.05) is 19.9 Å². The Labute approximate surface area is 102 Å². The molecular weight excluding hydrogens is 216 g/mol. The van der Waals surface area contributed by atoms with Gasteiger partial charge in [-0.15, -0.1) is 0 Å². The molecule has 4 N–H and O–H groups in total. The van der Waals surface area contributed by atoms with E-state index >= 15 is 0 Å². The van der Waals surface area contributed by atoms with Gasteiger partial charge in [0.15, 0.2) is 5.82 Å². The molecule has 96 valence electrons. The van der Waals surface area contributed by atoms with Crippen molar-refractivity contribution in [2.75, 3.05) is 5.32 Å². The van der Waals surface area contributed by atoms with Gasteiger partial charge in [0.2, 0.25) is 5.91 Å². The first-order chi connectivity index (χ1) is 7.90. The predicted molar refractivity (Wildman–Crippen MR) is 68.7 cm³/mol. The summed E-state index contributed by atoms with van der Waals surface area (Å²) in [6, 6.07) is 1.36. The van der Waals surface area contributed by atoms with E-state index in [0.717, 1.165) is 5.69 Å². The molecule has 1 aromatic heterocycles. The number of aromatic nitrogens is 2. The molecule has 0 radical (unpaired) electrons. The smallest absolute Gasteiger partial charge is 0.242 e. The molecule has 0 aromatic carbocycles. The van der Waals surface area contributed by atoms with Crippen LogP contribution in [0.1, 0.15) is 45.7 Å². The number of anilines is 1. The number of H-pyrrole nitrogens is 1. The molecule has 5 nitrogen and oxygen atoms in total. The van der Waals surface area contributed by atoms with Crippen molar-refractivity contribution >= 4 is 11.7 Å². The second kappa shape index (κ2) is 5.82. The molecule has 0 aliphatic heterocycles. The van der Waals surface area contributed by atoms with Gasteiger partial charge < -0.3 is 11.1 Å². The summed E-state index contributed by atoms with van der Waals surface area (Å²) in [6.07, 6.45) is 0.674. The molecule has 0 saturated heterocycles. The molecule has 1 aromatic rings. The number of nitrogens with one attached hydrogen (secondary N) is 2. The minimum atomic E-state index is -0.478. The molecule has 0 fully saturated rings. The number of nitrogens with two attached hydrogens (primary N) is 1. The van der Waals surface area contributed by atoms with Crippen molar-refractivity contribution in [3.05, 3.63) is 11.8 Å². The van der Waals surface area contributed by atoms with Crippen molar-refractivity contribution in [3.63, 3.8) is 0 Å². The Kier molecular flexibility index (Phi) is 4.69. The highest BCUT2D eigenvalue weighted by molar-refractivity contribution is 5.93. The normalized spacial score (nSPS) is 13.1. The summed E-state index contributed by atoms with van der Waals surface area (Å²) < 4.78 is 0. The van der Waals surface area contributed by atoms with Crippen LogP contribution in [0.25, 0.3) is 0 Å². The Morgan fingerprint density at radius 3 is 2.59 bits per heavy atom. The van der Waals surface area contributed by atoms with Crippen LogP contribution in [0.5, 0.6) is 0 Å². The number of carbonyl (C=O) groups is 1. The highest BCUT2D eigenvalue weighted by Gasteiger charge is 2.16. The summed E-state index contributed by atoms with van der Waals surface area (Å²) in [7, 11) is 0. The fourth-order valence-electron chi connectivity index (χ4n) is 1.53. The van der Waals surface area contributed by atoms with Gasteiger partial charge in [-0.25, -0.2) is 0 Å². The molecule has 0 bridgehead atoms. The fraction of sp³-hybridized carbons (Fsp3) is 0.667. The Balaban J connectivity index is 2.55. The van der Waals surface area contributed by atoms with E-state index in [9.17, 15) is 4.79 Å². The summed E-state index contributed by atoms with van der Waals surface area (Å²) in [5, 5.41) is 9.63. The largest absolute Gasteiger partial charge is 0.320 e. The van der Waals surface area contributed by atoms with Crippen LogP contribution in [0.3, 0.4) is 0 Å². The maximum absolute atomic E-state index is 11.7. The first-order valence-corrected chi connectivity index (χ1v) is 6.02. The third-order valence-electron chi connectivity index (χ3n) is 2.53. The van der Waals surface area contributed by atoms with Crippen LogP contribution in [0.2, 0.25) is 0 Å². The SMILES string of the molecule is CC(C)C[C@@H](N)C(=O)Nc1cc(C(C)C)[nH]n1. The van der Waals surface area contributed by atoms with Crippen molar-refractivity contribution < 1.29 is 4.79 Å². The second-order valence-corrected chi connectivity index (χ2v) is 5.09. The zero-order valence-electron chi connectivity index (χ0n) is 10.9. The van der Waals surface area contributed by atoms with E-state index in [2.05, 4.69) is 29.4 Å². The van der Waals surface area contributed by atoms with Crippen molar-refractivity contribution in [3.8, 4) is 0 Å². The second-order valence-electron chi connectivity index (χ2n) is 5.09. The lowest BCUT2D eigenvalue weighted by atomic mass is 10.0. The number of hydrogen-bond acceptors (Lipinski definition) is 3. The average molecular weight is 238 g/mol. The average Bonchev–Trinajstić information content (AvgIpc) is 2.65. The van der Waals surface area contributed by atoms with Gasteiger partial charge in [-0.05, 0) is 18.3 Å². The van der Waals surface area contributed by atoms with Gasteiger partial charge in [0.05, 0.1) is 6.04 Å². The molecule has 17 heavy (non-hydrogen) atoms. The number of aromatic amines is 1. The Morgan fingerprint density at radius 1 is 1.47 bits per heavy atom.